The first-order valence-corrected chi connectivity index (χ1v) is 7.02. The number of rotatable bonds is 2. The summed E-state index contributed by atoms with van der Waals surface area (Å²) >= 11 is 0. The molecule has 0 bridgehead atoms. The van der Waals surface area contributed by atoms with Gasteiger partial charge in [-0.25, -0.2) is 0 Å². The van der Waals surface area contributed by atoms with Gasteiger partial charge in [0.1, 0.15) is 0 Å². The number of carbonyl (C=O) groups is 1. The summed E-state index contributed by atoms with van der Waals surface area (Å²) in [7, 11) is 1.45. The van der Waals surface area contributed by atoms with Gasteiger partial charge in [0.15, 0.2) is 0 Å². The molecule has 3 nitrogen and oxygen atoms in total. The summed E-state index contributed by atoms with van der Waals surface area (Å²) in [5.41, 5.74) is 1.31. The highest BCUT2D eigenvalue weighted by atomic mass is 16.5. The lowest BCUT2D eigenvalue weighted by molar-refractivity contribution is -0.146. The number of hydrogen-bond donors (Lipinski definition) is 1. The van der Waals surface area contributed by atoms with Crippen LogP contribution in [0.1, 0.15) is 39.5 Å². The fraction of sp³-hybridized carbons (Fsp3) is 0.800. The van der Waals surface area contributed by atoms with Crippen molar-refractivity contribution in [2.45, 2.75) is 45.6 Å². The standard InChI is InChI=1S/C15H24O3/c1-9-4-6-13(10(2)15(17)18-3)14-8-11(16)5-7-12(9)14/h8-13,16H,4-7H2,1-3H3/t9-,10-,11?,12+,13+/m1/s1. The SMILES string of the molecule is COC(=O)[C@H](C)[C@@H]1CC[C@@H](C)[C@@H]2CCC(O)C=C21. The summed E-state index contributed by atoms with van der Waals surface area (Å²) in [5.74, 6) is 1.26. The lowest BCUT2D eigenvalue weighted by Crippen LogP contribution is -2.36. The van der Waals surface area contributed by atoms with Gasteiger partial charge in [0.2, 0.25) is 0 Å². The van der Waals surface area contributed by atoms with Gasteiger partial charge < -0.3 is 9.84 Å². The molecule has 1 N–H and O–H groups in total. The topological polar surface area (TPSA) is 46.5 Å². The predicted octanol–water partition coefficient (Wildman–Crippen LogP) is 2.54. The second kappa shape index (κ2) is 5.43. The molecule has 3 heteroatoms. The molecular formula is C15H24O3. The molecule has 0 heterocycles. The molecule has 1 saturated carbocycles. The summed E-state index contributed by atoms with van der Waals surface area (Å²) in [6.45, 7) is 4.24. The van der Waals surface area contributed by atoms with Crippen LogP contribution in [0.15, 0.2) is 11.6 Å². The second-order valence-electron chi connectivity index (χ2n) is 5.89. The number of methoxy groups -OCH3 is 1. The number of fused-ring (bicyclic) bond motifs is 1. The highest BCUT2D eigenvalue weighted by Crippen LogP contribution is 2.46. The van der Waals surface area contributed by atoms with E-state index in [1.807, 2.05) is 13.0 Å². The summed E-state index contributed by atoms with van der Waals surface area (Å²) in [4.78, 5) is 11.7. The summed E-state index contributed by atoms with van der Waals surface area (Å²) < 4.78 is 4.87. The summed E-state index contributed by atoms with van der Waals surface area (Å²) in [5, 5.41) is 9.84. The average Bonchev–Trinajstić information content (AvgIpc) is 2.37. The van der Waals surface area contributed by atoms with E-state index in [1.54, 1.807) is 0 Å². The Morgan fingerprint density at radius 2 is 2.11 bits per heavy atom. The molecule has 102 valence electrons. The highest BCUT2D eigenvalue weighted by molar-refractivity contribution is 5.72. The Kier molecular flexibility index (Phi) is 4.10. The largest absolute Gasteiger partial charge is 0.469 e. The van der Waals surface area contributed by atoms with Crippen molar-refractivity contribution in [2.75, 3.05) is 7.11 Å². The molecule has 0 radical (unpaired) electrons. The van der Waals surface area contributed by atoms with Crippen molar-refractivity contribution in [1.29, 1.82) is 0 Å². The number of esters is 1. The van der Waals surface area contributed by atoms with Crippen molar-refractivity contribution in [1.82, 2.24) is 0 Å². The lowest BCUT2D eigenvalue weighted by atomic mass is 9.63. The Balaban J connectivity index is 2.23. The van der Waals surface area contributed by atoms with E-state index >= 15 is 0 Å². The molecule has 18 heavy (non-hydrogen) atoms. The van der Waals surface area contributed by atoms with Gasteiger partial charge in [-0.15, -0.1) is 0 Å². The first kappa shape index (κ1) is 13.6. The van der Waals surface area contributed by atoms with Crippen molar-refractivity contribution in [3.63, 3.8) is 0 Å². The lowest BCUT2D eigenvalue weighted by Gasteiger charge is -2.42. The number of aliphatic hydroxyl groups is 1. The van der Waals surface area contributed by atoms with E-state index in [1.165, 1.54) is 19.1 Å². The van der Waals surface area contributed by atoms with Gasteiger partial charge in [-0.3, -0.25) is 4.79 Å². The van der Waals surface area contributed by atoms with E-state index in [0.717, 1.165) is 19.3 Å². The number of allylic oxidation sites excluding steroid dienone is 1. The molecule has 0 aromatic carbocycles. The molecule has 0 amide bonds. The van der Waals surface area contributed by atoms with E-state index in [9.17, 15) is 9.90 Å². The zero-order valence-corrected chi connectivity index (χ0v) is 11.6. The van der Waals surface area contributed by atoms with Gasteiger partial charge in [0.05, 0.1) is 19.1 Å². The summed E-state index contributed by atoms with van der Waals surface area (Å²) in [6.07, 6.45) is 5.80. The van der Waals surface area contributed by atoms with Gasteiger partial charge in [-0.1, -0.05) is 25.5 Å². The molecule has 5 atom stereocenters. The quantitative estimate of drug-likeness (QED) is 0.607. The third-order valence-electron chi connectivity index (χ3n) is 4.81. The van der Waals surface area contributed by atoms with Crippen LogP contribution in [0, 0.1) is 23.7 Å². The molecule has 0 spiro atoms. The molecule has 2 rings (SSSR count). The fourth-order valence-corrected chi connectivity index (χ4v) is 3.66. The molecule has 0 aliphatic heterocycles. The van der Waals surface area contributed by atoms with Crippen LogP contribution in [0.25, 0.3) is 0 Å². The Bertz CT molecular complexity index is 348. The Morgan fingerprint density at radius 1 is 1.39 bits per heavy atom. The highest BCUT2D eigenvalue weighted by Gasteiger charge is 2.39. The van der Waals surface area contributed by atoms with E-state index in [4.69, 9.17) is 4.74 Å². The minimum Gasteiger partial charge on any atom is -0.469 e. The normalized spacial score (nSPS) is 37.4. The molecule has 2 aliphatic rings. The van der Waals surface area contributed by atoms with Crippen LogP contribution in [0.5, 0.6) is 0 Å². The number of carbonyl (C=O) groups excluding carboxylic acids is 1. The molecule has 0 saturated heterocycles. The molecule has 0 aromatic rings. The van der Waals surface area contributed by atoms with Crippen LogP contribution in [-0.4, -0.2) is 24.3 Å². The summed E-state index contributed by atoms with van der Waals surface area (Å²) in [6, 6.07) is 0. The minimum atomic E-state index is -0.325. The Labute approximate surface area is 109 Å². The first-order chi connectivity index (χ1) is 8.54. The number of ether oxygens (including phenoxy) is 1. The maximum absolute atomic E-state index is 11.7. The zero-order valence-electron chi connectivity index (χ0n) is 11.6. The fourth-order valence-electron chi connectivity index (χ4n) is 3.66. The third-order valence-corrected chi connectivity index (χ3v) is 4.81. The predicted molar refractivity (Wildman–Crippen MR) is 69.9 cm³/mol. The van der Waals surface area contributed by atoms with Gasteiger partial charge >= 0.3 is 5.97 Å². The monoisotopic (exact) mass is 252 g/mol. The molecule has 1 fully saturated rings. The van der Waals surface area contributed by atoms with Crippen LogP contribution in [0.3, 0.4) is 0 Å². The Hall–Kier alpha value is -0.830. The van der Waals surface area contributed by atoms with Crippen LogP contribution in [0.4, 0.5) is 0 Å². The van der Waals surface area contributed by atoms with Gasteiger partial charge in [-0.2, -0.15) is 0 Å². The third kappa shape index (κ3) is 2.46. The van der Waals surface area contributed by atoms with Crippen LogP contribution < -0.4 is 0 Å². The van der Waals surface area contributed by atoms with E-state index < -0.39 is 0 Å². The molecule has 2 aliphatic carbocycles. The van der Waals surface area contributed by atoms with Crippen molar-refractivity contribution in [3.8, 4) is 0 Å². The number of hydrogen-bond acceptors (Lipinski definition) is 3. The van der Waals surface area contributed by atoms with E-state index in [-0.39, 0.29) is 23.9 Å². The van der Waals surface area contributed by atoms with Gasteiger partial charge in [-0.05, 0) is 43.4 Å². The van der Waals surface area contributed by atoms with E-state index in [2.05, 4.69) is 6.92 Å². The minimum absolute atomic E-state index is 0.0958. The average molecular weight is 252 g/mol. The van der Waals surface area contributed by atoms with Crippen molar-refractivity contribution < 1.29 is 14.6 Å². The molecule has 1 unspecified atom stereocenters. The van der Waals surface area contributed by atoms with Crippen molar-refractivity contribution in [3.05, 3.63) is 11.6 Å². The van der Waals surface area contributed by atoms with Crippen LogP contribution in [-0.2, 0) is 9.53 Å². The zero-order chi connectivity index (χ0) is 13.3. The second-order valence-corrected chi connectivity index (χ2v) is 5.89. The number of aliphatic hydroxyl groups excluding tert-OH is 1. The van der Waals surface area contributed by atoms with Crippen molar-refractivity contribution >= 4 is 5.97 Å². The smallest absolute Gasteiger partial charge is 0.308 e. The van der Waals surface area contributed by atoms with Gasteiger partial charge in [0, 0.05) is 0 Å². The maximum Gasteiger partial charge on any atom is 0.308 e. The Morgan fingerprint density at radius 3 is 2.78 bits per heavy atom. The maximum atomic E-state index is 11.7. The van der Waals surface area contributed by atoms with Crippen LogP contribution >= 0.6 is 0 Å². The van der Waals surface area contributed by atoms with Gasteiger partial charge in [0.25, 0.3) is 0 Å². The molecule has 0 aromatic heterocycles. The first-order valence-electron chi connectivity index (χ1n) is 7.02. The molecular weight excluding hydrogens is 228 g/mol. The van der Waals surface area contributed by atoms with Crippen molar-refractivity contribution in [2.24, 2.45) is 23.7 Å². The van der Waals surface area contributed by atoms with E-state index in [0.29, 0.717) is 11.8 Å². The van der Waals surface area contributed by atoms with Crippen LogP contribution in [0.2, 0.25) is 0 Å².